The van der Waals surface area contributed by atoms with Crippen LogP contribution in [0.4, 0.5) is 0 Å². The zero-order valence-corrected chi connectivity index (χ0v) is 12.7. The molecule has 0 aliphatic rings. The van der Waals surface area contributed by atoms with Crippen molar-refractivity contribution in [1.82, 2.24) is 0 Å². The van der Waals surface area contributed by atoms with Crippen LogP contribution in [0, 0.1) is 0 Å². The summed E-state index contributed by atoms with van der Waals surface area (Å²) in [6.07, 6.45) is -0.685. The first-order valence-electron chi connectivity index (χ1n) is 4.45. The van der Waals surface area contributed by atoms with Crippen molar-refractivity contribution >= 4 is 54.8 Å². The van der Waals surface area contributed by atoms with Crippen molar-refractivity contribution in [3.8, 4) is 0 Å². The summed E-state index contributed by atoms with van der Waals surface area (Å²) in [5, 5.41) is 12.7. The van der Waals surface area contributed by atoms with Gasteiger partial charge in [-0.3, -0.25) is 0 Å². The Morgan fingerprint density at radius 1 is 1.25 bits per heavy atom. The lowest BCUT2D eigenvalue weighted by Crippen LogP contribution is -1.98. The zero-order chi connectivity index (χ0) is 11.7. The van der Waals surface area contributed by atoms with Crippen molar-refractivity contribution in [2.24, 2.45) is 0 Å². The molecule has 1 aromatic carbocycles. The maximum absolute atomic E-state index is 10.2. The molecular formula is C11H7Br2ClOS. The predicted molar refractivity (Wildman–Crippen MR) is 75.2 cm³/mol. The molecule has 1 atom stereocenters. The van der Waals surface area contributed by atoms with Crippen LogP contribution in [0.25, 0.3) is 0 Å². The van der Waals surface area contributed by atoms with Gasteiger partial charge in [-0.2, -0.15) is 0 Å². The second kappa shape index (κ2) is 5.19. The van der Waals surface area contributed by atoms with Gasteiger partial charge >= 0.3 is 0 Å². The summed E-state index contributed by atoms with van der Waals surface area (Å²) < 4.78 is 1.83. The van der Waals surface area contributed by atoms with Crippen LogP contribution in [0.5, 0.6) is 0 Å². The van der Waals surface area contributed by atoms with Crippen molar-refractivity contribution in [2.75, 3.05) is 0 Å². The highest BCUT2D eigenvalue weighted by Crippen LogP contribution is 2.36. The van der Waals surface area contributed by atoms with Crippen LogP contribution in [0.3, 0.4) is 0 Å². The van der Waals surface area contributed by atoms with Gasteiger partial charge < -0.3 is 5.11 Å². The lowest BCUT2D eigenvalue weighted by Gasteiger charge is -2.12. The van der Waals surface area contributed by atoms with Crippen LogP contribution in [0.15, 0.2) is 38.6 Å². The molecule has 0 radical (unpaired) electrons. The number of aliphatic hydroxyl groups is 1. The molecule has 1 nitrogen and oxygen atoms in total. The van der Waals surface area contributed by atoms with E-state index in [-0.39, 0.29) is 0 Å². The third-order valence-electron chi connectivity index (χ3n) is 2.15. The fourth-order valence-electron chi connectivity index (χ4n) is 1.37. The van der Waals surface area contributed by atoms with E-state index in [1.54, 1.807) is 6.07 Å². The van der Waals surface area contributed by atoms with Crippen molar-refractivity contribution < 1.29 is 5.11 Å². The first-order chi connectivity index (χ1) is 7.59. The van der Waals surface area contributed by atoms with Crippen LogP contribution >= 0.6 is 54.8 Å². The number of hydrogen-bond donors (Lipinski definition) is 1. The van der Waals surface area contributed by atoms with E-state index >= 15 is 0 Å². The molecule has 0 amide bonds. The summed E-state index contributed by atoms with van der Waals surface area (Å²) in [5.41, 5.74) is 0.813. The molecule has 1 heterocycles. The fourth-order valence-corrected chi connectivity index (χ4v) is 3.79. The molecular weight excluding hydrogens is 375 g/mol. The van der Waals surface area contributed by atoms with Crippen LogP contribution in [-0.2, 0) is 0 Å². The Balaban J connectivity index is 2.41. The summed E-state index contributed by atoms with van der Waals surface area (Å²) in [7, 11) is 0. The molecule has 2 rings (SSSR count). The maximum atomic E-state index is 10.2. The van der Waals surface area contributed by atoms with E-state index < -0.39 is 6.10 Å². The van der Waals surface area contributed by atoms with E-state index in [9.17, 15) is 5.11 Å². The minimum absolute atomic E-state index is 0.604. The molecule has 0 aliphatic heterocycles. The summed E-state index contributed by atoms with van der Waals surface area (Å²) in [6, 6.07) is 7.46. The molecule has 1 unspecified atom stereocenters. The number of thiophene rings is 1. The van der Waals surface area contributed by atoms with Crippen LogP contribution in [0.2, 0.25) is 5.02 Å². The second-order valence-electron chi connectivity index (χ2n) is 3.20. The average Bonchev–Trinajstić information content (AvgIpc) is 2.63. The third-order valence-corrected chi connectivity index (χ3v) is 4.74. The molecule has 1 N–H and O–H groups in total. The molecule has 0 fully saturated rings. The second-order valence-corrected chi connectivity index (χ2v) is 6.33. The van der Waals surface area contributed by atoms with Gasteiger partial charge in [0.15, 0.2) is 0 Å². The van der Waals surface area contributed by atoms with Gasteiger partial charge in [-0.1, -0.05) is 49.5 Å². The van der Waals surface area contributed by atoms with Crippen molar-refractivity contribution in [3.63, 3.8) is 0 Å². The first kappa shape index (κ1) is 12.6. The number of rotatable bonds is 2. The van der Waals surface area contributed by atoms with E-state index in [2.05, 4.69) is 31.9 Å². The van der Waals surface area contributed by atoms with Crippen molar-refractivity contribution in [2.45, 2.75) is 6.10 Å². The van der Waals surface area contributed by atoms with Crippen molar-refractivity contribution in [3.05, 3.63) is 54.1 Å². The zero-order valence-electron chi connectivity index (χ0n) is 7.95. The Labute approximate surface area is 119 Å². The van der Waals surface area contributed by atoms with Gasteiger partial charge in [0, 0.05) is 14.5 Å². The van der Waals surface area contributed by atoms with Gasteiger partial charge in [-0.25, -0.2) is 0 Å². The van der Waals surface area contributed by atoms with Crippen molar-refractivity contribution in [1.29, 1.82) is 0 Å². The SMILES string of the molecule is OC(c1ccc(Br)cc1Br)c1sccc1Cl. The normalized spacial score (nSPS) is 12.8. The Morgan fingerprint density at radius 3 is 2.56 bits per heavy atom. The van der Waals surface area contributed by atoms with Gasteiger partial charge in [-0.05, 0) is 23.6 Å². The van der Waals surface area contributed by atoms with Gasteiger partial charge in [0.25, 0.3) is 0 Å². The largest absolute Gasteiger partial charge is 0.383 e. The van der Waals surface area contributed by atoms with Gasteiger partial charge in [-0.15, -0.1) is 11.3 Å². The summed E-state index contributed by atoms with van der Waals surface area (Å²) in [5.74, 6) is 0. The van der Waals surface area contributed by atoms with E-state index in [1.807, 2.05) is 23.6 Å². The lowest BCUT2D eigenvalue weighted by molar-refractivity contribution is 0.223. The molecule has 5 heteroatoms. The van der Waals surface area contributed by atoms with Crippen LogP contribution < -0.4 is 0 Å². The Bertz CT molecular complexity index is 512. The van der Waals surface area contributed by atoms with E-state index in [0.29, 0.717) is 5.02 Å². The maximum Gasteiger partial charge on any atom is 0.116 e. The summed E-state index contributed by atoms with van der Waals surface area (Å²) >= 11 is 14.2. The van der Waals surface area contributed by atoms with Crippen LogP contribution in [-0.4, -0.2) is 5.11 Å². The quantitative estimate of drug-likeness (QED) is 0.774. The molecule has 2 aromatic rings. The highest BCUT2D eigenvalue weighted by Gasteiger charge is 2.17. The Hall–Kier alpha value is 0.130. The minimum atomic E-state index is -0.685. The third kappa shape index (κ3) is 2.51. The highest BCUT2D eigenvalue weighted by molar-refractivity contribution is 9.11. The van der Waals surface area contributed by atoms with Gasteiger partial charge in [0.1, 0.15) is 6.10 Å². The molecule has 0 spiro atoms. The molecule has 0 saturated carbocycles. The summed E-state index contributed by atoms with van der Waals surface area (Å²) in [4.78, 5) is 0.768. The fraction of sp³-hybridized carbons (Fsp3) is 0.0909. The Kier molecular flexibility index (Phi) is 4.08. The topological polar surface area (TPSA) is 20.2 Å². The predicted octanol–water partition coefficient (Wildman–Crippen LogP) is 5.01. The van der Waals surface area contributed by atoms with E-state index in [1.165, 1.54) is 11.3 Å². The lowest BCUT2D eigenvalue weighted by atomic mass is 10.1. The average molecular weight is 383 g/mol. The number of benzene rings is 1. The molecule has 84 valence electrons. The number of hydrogen-bond acceptors (Lipinski definition) is 2. The molecule has 0 aliphatic carbocycles. The molecule has 16 heavy (non-hydrogen) atoms. The molecule has 0 saturated heterocycles. The van der Waals surface area contributed by atoms with E-state index in [0.717, 1.165) is 19.4 Å². The standard InChI is InChI=1S/C11H7Br2ClOS/c12-6-1-2-7(8(13)5-6)10(15)11-9(14)3-4-16-11/h1-5,10,15H. The molecule has 0 bridgehead atoms. The monoisotopic (exact) mass is 380 g/mol. The highest BCUT2D eigenvalue weighted by atomic mass is 79.9. The summed E-state index contributed by atoms with van der Waals surface area (Å²) in [6.45, 7) is 0. The molecule has 1 aromatic heterocycles. The van der Waals surface area contributed by atoms with Gasteiger partial charge in [0.2, 0.25) is 0 Å². The minimum Gasteiger partial charge on any atom is -0.383 e. The number of aliphatic hydroxyl groups excluding tert-OH is 1. The first-order valence-corrected chi connectivity index (χ1v) is 7.30. The van der Waals surface area contributed by atoms with Crippen LogP contribution in [0.1, 0.15) is 16.5 Å². The van der Waals surface area contributed by atoms with Gasteiger partial charge in [0.05, 0.1) is 9.90 Å². The van der Waals surface area contributed by atoms with E-state index in [4.69, 9.17) is 11.6 Å². The number of halogens is 3. The Morgan fingerprint density at radius 2 is 2.00 bits per heavy atom. The smallest absolute Gasteiger partial charge is 0.116 e.